The lowest BCUT2D eigenvalue weighted by Crippen LogP contribution is -2.19. The molecule has 2 aromatic carbocycles. The lowest BCUT2D eigenvalue weighted by Gasteiger charge is -2.01. The molecule has 0 aliphatic carbocycles. The van der Waals surface area contributed by atoms with Crippen molar-refractivity contribution in [2.24, 2.45) is 5.10 Å². The molecule has 3 rings (SSSR count). The molecule has 0 saturated carbocycles. The van der Waals surface area contributed by atoms with Crippen LogP contribution in [-0.2, 0) is 11.2 Å². The van der Waals surface area contributed by atoms with E-state index >= 15 is 0 Å². The SMILES string of the molecule is O=C(Cc1cccc([N+](=O)[O-])c1)N/N=C/c1ccc2ncccc2c1. The van der Waals surface area contributed by atoms with Crippen molar-refractivity contribution in [1.29, 1.82) is 0 Å². The lowest BCUT2D eigenvalue weighted by atomic mass is 10.1. The van der Waals surface area contributed by atoms with Gasteiger partial charge >= 0.3 is 0 Å². The third-order valence-electron chi connectivity index (χ3n) is 3.52. The summed E-state index contributed by atoms with van der Waals surface area (Å²) in [6.45, 7) is 0. The van der Waals surface area contributed by atoms with Gasteiger partial charge in [-0.25, -0.2) is 5.43 Å². The quantitative estimate of drug-likeness (QED) is 0.441. The van der Waals surface area contributed by atoms with Gasteiger partial charge in [-0.2, -0.15) is 5.10 Å². The number of fused-ring (bicyclic) bond motifs is 1. The van der Waals surface area contributed by atoms with Crippen LogP contribution in [0.4, 0.5) is 5.69 Å². The molecule has 0 fully saturated rings. The van der Waals surface area contributed by atoms with Gasteiger partial charge in [0.1, 0.15) is 0 Å². The second-order valence-electron chi connectivity index (χ2n) is 5.35. The van der Waals surface area contributed by atoms with Crippen LogP contribution in [0.3, 0.4) is 0 Å². The highest BCUT2D eigenvalue weighted by molar-refractivity contribution is 5.89. The summed E-state index contributed by atoms with van der Waals surface area (Å²) in [6.07, 6.45) is 3.28. The summed E-state index contributed by atoms with van der Waals surface area (Å²) < 4.78 is 0. The summed E-state index contributed by atoms with van der Waals surface area (Å²) >= 11 is 0. The van der Waals surface area contributed by atoms with Gasteiger partial charge in [-0.05, 0) is 29.3 Å². The van der Waals surface area contributed by atoms with Crippen molar-refractivity contribution >= 4 is 28.7 Å². The summed E-state index contributed by atoms with van der Waals surface area (Å²) in [6, 6.07) is 15.4. The number of aromatic nitrogens is 1. The van der Waals surface area contributed by atoms with E-state index in [9.17, 15) is 14.9 Å². The topological polar surface area (TPSA) is 97.5 Å². The van der Waals surface area contributed by atoms with Crippen molar-refractivity contribution in [1.82, 2.24) is 10.4 Å². The molecule has 124 valence electrons. The normalized spacial score (nSPS) is 10.9. The number of nitro groups is 1. The summed E-state index contributed by atoms with van der Waals surface area (Å²) in [5, 5.41) is 15.6. The van der Waals surface area contributed by atoms with Gasteiger partial charge in [0.05, 0.1) is 23.1 Å². The fraction of sp³-hybridized carbons (Fsp3) is 0.0556. The zero-order chi connectivity index (χ0) is 17.6. The van der Waals surface area contributed by atoms with Crippen LogP contribution in [0.15, 0.2) is 65.9 Å². The highest BCUT2D eigenvalue weighted by Gasteiger charge is 2.08. The van der Waals surface area contributed by atoms with E-state index in [0.29, 0.717) is 5.56 Å². The van der Waals surface area contributed by atoms with Crippen LogP contribution in [0.5, 0.6) is 0 Å². The van der Waals surface area contributed by atoms with Gasteiger partial charge in [0.15, 0.2) is 0 Å². The van der Waals surface area contributed by atoms with E-state index in [1.54, 1.807) is 18.3 Å². The molecule has 0 aliphatic heterocycles. The zero-order valence-electron chi connectivity index (χ0n) is 13.1. The predicted molar refractivity (Wildman–Crippen MR) is 94.3 cm³/mol. The number of amides is 1. The fourth-order valence-electron chi connectivity index (χ4n) is 2.36. The number of carbonyl (C=O) groups excluding carboxylic acids is 1. The highest BCUT2D eigenvalue weighted by atomic mass is 16.6. The number of nitrogens with one attached hydrogen (secondary N) is 1. The fourth-order valence-corrected chi connectivity index (χ4v) is 2.36. The smallest absolute Gasteiger partial charge is 0.269 e. The van der Waals surface area contributed by atoms with Crippen molar-refractivity contribution in [2.75, 3.05) is 0 Å². The number of nitro benzene ring substituents is 1. The van der Waals surface area contributed by atoms with Gasteiger partial charge in [0.2, 0.25) is 5.91 Å². The van der Waals surface area contributed by atoms with E-state index in [4.69, 9.17) is 0 Å². The first-order valence-electron chi connectivity index (χ1n) is 7.52. The first-order chi connectivity index (χ1) is 12.1. The number of carbonyl (C=O) groups is 1. The van der Waals surface area contributed by atoms with Gasteiger partial charge in [0, 0.05) is 23.7 Å². The van der Waals surface area contributed by atoms with Crippen LogP contribution in [0, 0.1) is 10.1 Å². The number of hydrogen-bond acceptors (Lipinski definition) is 5. The Morgan fingerprint density at radius 2 is 2.08 bits per heavy atom. The molecular formula is C18H14N4O3. The Kier molecular flexibility index (Phi) is 4.75. The minimum atomic E-state index is -0.492. The van der Waals surface area contributed by atoms with Gasteiger partial charge < -0.3 is 0 Å². The molecule has 1 amide bonds. The number of hydrazone groups is 1. The summed E-state index contributed by atoms with van der Waals surface area (Å²) in [7, 11) is 0. The van der Waals surface area contributed by atoms with Crippen LogP contribution in [0.1, 0.15) is 11.1 Å². The van der Waals surface area contributed by atoms with Crippen LogP contribution in [-0.4, -0.2) is 22.0 Å². The number of rotatable bonds is 5. The molecule has 0 bridgehead atoms. The summed E-state index contributed by atoms with van der Waals surface area (Å²) in [4.78, 5) is 26.4. The molecule has 0 spiro atoms. The van der Waals surface area contributed by atoms with E-state index in [0.717, 1.165) is 16.5 Å². The Balaban J connectivity index is 1.62. The third kappa shape index (κ3) is 4.23. The van der Waals surface area contributed by atoms with Crippen LogP contribution in [0.25, 0.3) is 10.9 Å². The van der Waals surface area contributed by atoms with Crippen molar-refractivity contribution in [3.8, 4) is 0 Å². The Hall–Kier alpha value is -3.61. The second kappa shape index (κ2) is 7.31. The first-order valence-corrected chi connectivity index (χ1v) is 7.52. The molecule has 7 heteroatoms. The maximum atomic E-state index is 11.9. The molecule has 0 atom stereocenters. The second-order valence-corrected chi connectivity index (χ2v) is 5.35. The Bertz CT molecular complexity index is 969. The maximum absolute atomic E-state index is 11.9. The number of nitrogens with zero attached hydrogens (tertiary/aromatic N) is 3. The molecule has 0 unspecified atom stereocenters. The molecule has 1 aromatic heterocycles. The summed E-state index contributed by atoms with van der Waals surface area (Å²) in [5.41, 5.74) is 4.65. The average molecular weight is 334 g/mol. The van der Waals surface area contributed by atoms with Gasteiger partial charge in [-0.3, -0.25) is 19.9 Å². The number of benzene rings is 2. The standard InChI is InChI=1S/C18H14N4O3/c23-18(11-13-3-1-5-16(10-13)22(24)25)21-20-12-14-6-7-17-15(9-14)4-2-8-19-17/h1-10,12H,11H2,(H,21,23)/b20-12+. The highest BCUT2D eigenvalue weighted by Crippen LogP contribution is 2.14. The van der Waals surface area contributed by atoms with Crippen molar-refractivity contribution < 1.29 is 9.72 Å². The molecule has 3 aromatic rings. The van der Waals surface area contributed by atoms with E-state index in [2.05, 4.69) is 15.5 Å². The number of hydrogen-bond donors (Lipinski definition) is 1. The Morgan fingerprint density at radius 3 is 2.92 bits per heavy atom. The van der Waals surface area contributed by atoms with Crippen LogP contribution < -0.4 is 5.43 Å². The minimum Gasteiger partial charge on any atom is -0.273 e. The molecule has 0 aliphatic rings. The predicted octanol–water partition coefficient (Wildman–Crippen LogP) is 2.84. The Labute approximate surface area is 143 Å². The van der Waals surface area contributed by atoms with Crippen molar-refractivity contribution in [3.63, 3.8) is 0 Å². The van der Waals surface area contributed by atoms with Gasteiger partial charge in [-0.15, -0.1) is 0 Å². The van der Waals surface area contributed by atoms with Gasteiger partial charge in [-0.1, -0.05) is 24.3 Å². The van der Waals surface area contributed by atoms with Crippen molar-refractivity contribution in [3.05, 3.63) is 82.0 Å². The van der Waals surface area contributed by atoms with Gasteiger partial charge in [0.25, 0.3) is 5.69 Å². The van der Waals surface area contributed by atoms with Crippen LogP contribution in [0.2, 0.25) is 0 Å². The third-order valence-corrected chi connectivity index (χ3v) is 3.52. The average Bonchev–Trinajstić information content (AvgIpc) is 2.62. The zero-order valence-corrected chi connectivity index (χ0v) is 13.1. The number of pyridine rings is 1. The molecule has 7 nitrogen and oxygen atoms in total. The molecule has 1 heterocycles. The van der Waals surface area contributed by atoms with E-state index < -0.39 is 4.92 Å². The van der Waals surface area contributed by atoms with E-state index in [-0.39, 0.29) is 18.0 Å². The molecular weight excluding hydrogens is 320 g/mol. The molecule has 25 heavy (non-hydrogen) atoms. The van der Waals surface area contributed by atoms with E-state index in [1.165, 1.54) is 18.3 Å². The Morgan fingerprint density at radius 1 is 1.20 bits per heavy atom. The summed E-state index contributed by atoms with van der Waals surface area (Å²) in [5.74, 6) is -0.348. The first kappa shape index (κ1) is 16.3. The monoisotopic (exact) mass is 334 g/mol. The van der Waals surface area contributed by atoms with Crippen molar-refractivity contribution in [2.45, 2.75) is 6.42 Å². The minimum absolute atomic E-state index is 0.0145. The molecule has 1 N–H and O–H groups in total. The lowest BCUT2D eigenvalue weighted by molar-refractivity contribution is -0.384. The largest absolute Gasteiger partial charge is 0.273 e. The molecule has 0 saturated heterocycles. The maximum Gasteiger partial charge on any atom is 0.269 e. The number of non-ortho nitro benzene ring substituents is 1. The molecule has 0 radical (unpaired) electrons. The van der Waals surface area contributed by atoms with E-state index in [1.807, 2.05) is 30.3 Å². The van der Waals surface area contributed by atoms with Crippen LogP contribution >= 0.6 is 0 Å².